The summed E-state index contributed by atoms with van der Waals surface area (Å²) in [4.78, 5) is 14.4. The lowest BCUT2D eigenvalue weighted by atomic mass is 10.1. The Balaban J connectivity index is 2.13. The van der Waals surface area contributed by atoms with Gasteiger partial charge in [-0.1, -0.05) is 0 Å². The molecule has 1 aromatic heterocycles. The maximum Gasteiger partial charge on any atom is 0.257 e. The Morgan fingerprint density at radius 3 is 2.78 bits per heavy atom. The maximum absolute atomic E-state index is 12.5. The molecule has 1 saturated heterocycles. The van der Waals surface area contributed by atoms with Gasteiger partial charge in [-0.25, -0.2) is 0 Å². The molecule has 1 unspecified atom stereocenters. The van der Waals surface area contributed by atoms with Crippen molar-refractivity contribution >= 4 is 17.5 Å². The third-order valence-corrected chi connectivity index (χ3v) is 4.03. The van der Waals surface area contributed by atoms with Crippen molar-refractivity contribution in [1.82, 2.24) is 14.7 Å². The molecule has 1 aliphatic rings. The molecule has 100 valence electrons. The highest BCUT2D eigenvalue weighted by Gasteiger charge is 2.29. The number of amides is 1. The number of hydrogen-bond donors (Lipinski definition) is 0. The summed E-state index contributed by atoms with van der Waals surface area (Å²) in [7, 11) is 1.87. The normalized spacial score (nSPS) is 19.6. The zero-order valence-corrected chi connectivity index (χ0v) is 12.0. The largest absolute Gasteiger partial charge is 0.338 e. The minimum absolute atomic E-state index is 0.121. The molecule has 0 aromatic carbocycles. The Morgan fingerprint density at radius 1 is 1.50 bits per heavy atom. The summed E-state index contributed by atoms with van der Waals surface area (Å²) in [5, 5.41) is 4.31. The molecule has 18 heavy (non-hydrogen) atoms. The van der Waals surface area contributed by atoms with Crippen LogP contribution in [0.2, 0.25) is 0 Å². The molecule has 0 bridgehead atoms. The third kappa shape index (κ3) is 2.39. The fourth-order valence-corrected chi connectivity index (χ4v) is 2.96. The van der Waals surface area contributed by atoms with Crippen molar-refractivity contribution in [3.63, 3.8) is 0 Å². The van der Waals surface area contributed by atoms with Crippen molar-refractivity contribution in [3.05, 3.63) is 17.0 Å². The van der Waals surface area contributed by atoms with Crippen molar-refractivity contribution in [2.45, 2.75) is 26.7 Å². The summed E-state index contributed by atoms with van der Waals surface area (Å²) in [6.45, 7) is 5.51. The SMILES string of the molecule is Cc1nn(C)c(C)c1C(=O)N1CCC(CCCl)C1. The highest BCUT2D eigenvalue weighted by atomic mass is 35.5. The molecular formula is C13H20ClN3O. The van der Waals surface area contributed by atoms with E-state index in [2.05, 4.69) is 5.10 Å². The van der Waals surface area contributed by atoms with Crippen LogP contribution in [0, 0.1) is 19.8 Å². The molecule has 0 aliphatic carbocycles. The number of carbonyl (C=O) groups excluding carboxylic acids is 1. The van der Waals surface area contributed by atoms with Crippen molar-refractivity contribution in [1.29, 1.82) is 0 Å². The number of likely N-dealkylation sites (tertiary alicyclic amines) is 1. The van der Waals surface area contributed by atoms with Crippen LogP contribution >= 0.6 is 11.6 Å². The topological polar surface area (TPSA) is 38.1 Å². The number of rotatable bonds is 3. The fraction of sp³-hybridized carbons (Fsp3) is 0.692. The predicted octanol–water partition coefficient (Wildman–Crippen LogP) is 2.13. The number of nitrogens with zero attached hydrogens (tertiary/aromatic N) is 3. The van der Waals surface area contributed by atoms with E-state index in [-0.39, 0.29) is 5.91 Å². The van der Waals surface area contributed by atoms with Crippen LogP contribution in [-0.2, 0) is 7.05 Å². The van der Waals surface area contributed by atoms with E-state index < -0.39 is 0 Å². The first-order valence-corrected chi connectivity index (χ1v) is 6.93. The van der Waals surface area contributed by atoms with E-state index in [1.807, 2.05) is 25.8 Å². The lowest BCUT2D eigenvalue weighted by Gasteiger charge is -2.16. The molecule has 2 heterocycles. The quantitative estimate of drug-likeness (QED) is 0.789. The van der Waals surface area contributed by atoms with Crippen LogP contribution < -0.4 is 0 Å². The molecule has 5 heteroatoms. The number of aryl methyl sites for hydroxylation is 2. The lowest BCUT2D eigenvalue weighted by Crippen LogP contribution is -2.29. The van der Waals surface area contributed by atoms with Gasteiger partial charge < -0.3 is 4.90 Å². The zero-order valence-electron chi connectivity index (χ0n) is 11.2. The summed E-state index contributed by atoms with van der Waals surface area (Å²) in [6, 6.07) is 0. The van der Waals surface area contributed by atoms with Gasteiger partial charge in [0.15, 0.2) is 0 Å². The number of alkyl halides is 1. The van der Waals surface area contributed by atoms with E-state index in [1.54, 1.807) is 4.68 Å². The van der Waals surface area contributed by atoms with Gasteiger partial charge in [0.05, 0.1) is 11.3 Å². The molecule has 1 atom stereocenters. The zero-order chi connectivity index (χ0) is 13.3. The van der Waals surface area contributed by atoms with Crippen LogP contribution in [-0.4, -0.2) is 39.6 Å². The van der Waals surface area contributed by atoms with E-state index >= 15 is 0 Å². The molecule has 1 fully saturated rings. The molecule has 1 aliphatic heterocycles. The molecule has 4 nitrogen and oxygen atoms in total. The van der Waals surface area contributed by atoms with Crippen LogP contribution in [0.1, 0.15) is 34.6 Å². The van der Waals surface area contributed by atoms with E-state index in [9.17, 15) is 4.79 Å². The Kier molecular flexibility index (Phi) is 3.95. The number of hydrogen-bond acceptors (Lipinski definition) is 2. The van der Waals surface area contributed by atoms with Gasteiger partial charge in [-0.2, -0.15) is 5.10 Å². The first-order chi connectivity index (χ1) is 8.54. The van der Waals surface area contributed by atoms with Gasteiger partial charge in [-0.3, -0.25) is 9.48 Å². The second-order valence-electron chi connectivity index (χ2n) is 5.05. The molecular weight excluding hydrogens is 250 g/mol. The van der Waals surface area contributed by atoms with Crippen LogP contribution in [0.25, 0.3) is 0 Å². The second kappa shape index (κ2) is 5.31. The maximum atomic E-state index is 12.5. The number of carbonyl (C=O) groups is 1. The lowest BCUT2D eigenvalue weighted by molar-refractivity contribution is 0.0785. The number of aromatic nitrogens is 2. The van der Waals surface area contributed by atoms with Crippen molar-refractivity contribution in [3.8, 4) is 0 Å². The third-order valence-electron chi connectivity index (χ3n) is 3.81. The molecule has 0 radical (unpaired) electrons. The van der Waals surface area contributed by atoms with Gasteiger partial charge in [0, 0.05) is 31.7 Å². The molecule has 0 saturated carbocycles. The Labute approximate surface area is 113 Å². The van der Waals surface area contributed by atoms with Crippen molar-refractivity contribution in [2.24, 2.45) is 13.0 Å². The minimum Gasteiger partial charge on any atom is -0.338 e. The fourth-order valence-electron chi connectivity index (χ4n) is 2.65. The van der Waals surface area contributed by atoms with Crippen LogP contribution in [0.4, 0.5) is 0 Å². The van der Waals surface area contributed by atoms with Gasteiger partial charge in [-0.05, 0) is 32.6 Å². The Bertz CT molecular complexity index is 455. The van der Waals surface area contributed by atoms with E-state index in [0.29, 0.717) is 11.8 Å². The van der Waals surface area contributed by atoms with Crippen LogP contribution in [0.15, 0.2) is 0 Å². The van der Waals surface area contributed by atoms with E-state index in [0.717, 1.165) is 42.9 Å². The first kappa shape index (κ1) is 13.4. The molecule has 0 N–H and O–H groups in total. The van der Waals surface area contributed by atoms with Gasteiger partial charge in [0.1, 0.15) is 0 Å². The van der Waals surface area contributed by atoms with Crippen LogP contribution in [0.3, 0.4) is 0 Å². The molecule has 2 rings (SSSR count). The highest BCUT2D eigenvalue weighted by Crippen LogP contribution is 2.23. The van der Waals surface area contributed by atoms with Crippen molar-refractivity contribution < 1.29 is 4.79 Å². The van der Waals surface area contributed by atoms with Gasteiger partial charge in [-0.15, -0.1) is 11.6 Å². The summed E-state index contributed by atoms with van der Waals surface area (Å²) >= 11 is 5.76. The molecule has 0 spiro atoms. The molecule has 1 aromatic rings. The molecule has 1 amide bonds. The average Bonchev–Trinajstić information content (AvgIpc) is 2.86. The van der Waals surface area contributed by atoms with Gasteiger partial charge in [0.25, 0.3) is 5.91 Å². The van der Waals surface area contributed by atoms with Gasteiger partial charge >= 0.3 is 0 Å². The summed E-state index contributed by atoms with van der Waals surface area (Å²) in [5.74, 6) is 1.36. The van der Waals surface area contributed by atoms with Crippen molar-refractivity contribution in [2.75, 3.05) is 19.0 Å². The summed E-state index contributed by atoms with van der Waals surface area (Å²) < 4.78 is 1.77. The smallest absolute Gasteiger partial charge is 0.257 e. The first-order valence-electron chi connectivity index (χ1n) is 6.40. The summed E-state index contributed by atoms with van der Waals surface area (Å²) in [6.07, 6.45) is 2.06. The second-order valence-corrected chi connectivity index (χ2v) is 5.43. The van der Waals surface area contributed by atoms with Gasteiger partial charge in [0.2, 0.25) is 0 Å². The monoisotopic (exact) mass is 269 g/mol. The standard InChI is InChI=1S/C13H20ClN3O/c1-9-12(10(2)16(3)15-9)13(18)17-7-5-11(8-17)4-6-14/h11H,4-8H2,1-3H3. The van der Waals surface area contributed by atoms with E-state index in [4.69, 9.17) is 11.6 Å². The Hall–Kier alpha value is -1.03. The summed E-state index contributed by atoms with van der Waals surface area (Å²) in [5.41, 5.74) is 2.53. The minimum atomic E-state index is 0.121. The average molecular weight is 270 g/mol. The Morgan fingerprint density at radius 2 is 2.22 bits per heavy atom. The number of halogens is 1. The van der Waals surface area contributed by atoms with E-state index in [1.165, 1.54) is 0 Å². The highest BCUT2D eigenvalue weighted by molar-refractivity contribution is 6.17. The van der Waals surface area contributed by atoms with Crippen LogP contribution in [0.5, 0.6) is 0 Å². The predicted molar refractivity (Wildman–Crippen MR) is 72.0 cm³/mol.